The molecule has 0 bridgehead atoms. The van der Waals surface area contributed by atoms with Crippen molar-refractivity contribution in [2.24, 2.45) is 0 Å². The molecule has 4 heteroatoms. The fraction of sp³-hybridized carbons (Fsp3) is 0.600. The standard InChI is InChI=1S/C10H16N2O2/c1-2-3-4-9-7-11-8-12-10(9)14-6-5-13/h7-8,13H,2-6H2,1H3. The van der Waals surface area contributed by atoms with Gasteiger partial charge < -0.3 is 9.84 Å². The molecular formula is C10H16N2O2. The van der Waals surface area contributed by atoms with E-state index in [2.05, 4.69) is 16.9 Å². The van der Waals surface area contributed by atoms with Gasteiger partial charge in [-0.15, -0.1) is 0 Å². The van der Waals surface area contributed by atoms with Crippen LogP contribution in [0.3, 0.4) is 0 Å². The van der Waals surface area contributed by atoms with E-state index in [1.807, 2.05) is 0 Å². The van der Waals surface area contributed by atoms with Crippen molar-refractivity contribution in [2.45, 2.75) is 26.2 Å². The summed E-state index contributed by atoms with van der Waals surface area (Å²) < 4.78 is 5.28. The Balaban J connectivity index is 2.60. The highest BCUT2D eigenvalue weighted by atomic mass is 16.5. The van der Waals surface area contributed by atoms with Crippen LogP contribution in [-0.4, -0.2) is 28.3 Å². The minimum absolute atomic E-state index is 0.0111. The van der Waals surface area contributed by atoms with Crippen molar-refractivity contribution >= 4 is 0 Å². The molecule has 0 aliphatic heterocycles. The molecule has 1 aromatic rings. The van der Waals surface area contributed by atoms with Crippen LogP contribution in [0.25, 0.3) is 0 Å². The fourth-order valence-corrected chi connectivity index (χ4v) is 1.16. The number of nitrogens with zero attached hydrogens (tertiary/aromatic N) is 2. The molecule has 1 N–H and O–H groups in total. The summed E-state index contributed by atoms with van der Waals surface area (Å²) in [5.41, 5.74) is 1.02. The highest BCUT2D eigenvalue weighted by Gasteiger charge is 2.03. The first-order valence-electron chi connectivity index (χ1n) is 4.91. The van der Waals surface area contributed by atoms with Crippen LogP contribution in [0.5, 0.6) is 5.88 Å². The second kappa shape index (κ2) is 6.32. The van der Waals surface area contributed by atoms with Crippen LogP contribution in [0.1, 0.15) is 25.3 Å². The lowest BCUT2D eigenvalue weighted by molar-refractivity contribution is 0.195. The van der Waals surface area contributed by atoms with Gasteiger partial charge in [-0.25, -0.2) is 9.97 Å². The van der Waals surface area contributed by atoms with Crippen molar-refractivity contribution in [3.63, 3.8) is 0 Å². The van der Waals surface area contributed by atoms with Gasteiger partial charge in [0.15, 0.2) is 0 Å². The molecule has 4 nitrogen and oxygen atoms in total. The Morgan fingerprint density at radius 3 is 3.07 bits per heavy atom. The third-order valence-corrected chi connectivity index (χ3v) is 1.88. The summed E-state index contributed by atoms with van der Waals surface area (Å²) in [6.07, 6.45) is 6.40. The number of hydrogen-bond donors (Lipinski definition) is 1. The Morgan fingerprint density at radius 2 is 2.36 bits per heavy atom. The molecule has 0 aliphatic carbocycles. The van der Waals surface area contributed by atoms with E-state index < -0.39 is 0 Å². The quantitative estimate of drug-likeness (QED) is 0.742. The lowest BCUT2D eigenvalue weighted by atomic mass is 10.1. The van der Waals surface area contributed by atoms with E-state index in [0.29, 0.717) is 5.88 Å². The molecule has 0 aromatic carbocycles. The van der Waals surface area contributed by atoms with E-state index in [-0.39, 0.29) is 13.2 Å². The van der Waals surface area contributed by atoms with Crippen molar-refractivity contribution in [2.75, 3.05) is 13.2 Å². The van der Waals surface area contributed by atoms with Gasteiger partial charge in [0.05, 0.1) is 6.61 Å². The molecule has 0 fully saturated rings. The van der Waals surface area contributed by atoms with E-state index >= 15 is 0 Å². The summed E-state index contributed by atoms with van der Waals surface area (Å²) in [5, 5.41) is 8.63. The molecule has 1 rings (SSSR count). The number of aliphatic hydroxyl groups is 1. The first-order valence-corrected chi connectivity index (χ1v) is 4.91. The van der Waals surface area contributed by atoms with Gasteiger partial charge in [-0.1, -0.05) is 13.3 Å². The van der Waals surface area contributed by atoms with E-state index in [0.717, 1.165) is 24.8 Å². The van der Waals surface area contributed by atoms with Gasteiger partial charge >= 0.3 is 0 Å². The highest BCUT2D eigenvalue weighted by molar-refractivity contribution is 5.22. The number of unbranched alkanes of at least 4 members (excludes halogenated alkanes) is 1. The van der Waals surface area contributed by atoms with E-state index in [9.17, 15) is 0 Å². The number of aliphatic hydroxyl groups excluding tert-OH is 1. The van der Waals surface area contributed by atoms with Crippen LogP contribution in [0.15, 0.2) is 12.5 Å². The van der Waals surface area contributed by atoms with Crippen LogP contribution in [0.4, 0.5) is 0 Å². The Bertz CT molecular complexity index is 239. The number of ether oxygens (including phenoxy) is 1. The van der Waals surface area contributed by atoms with Crippen LogP contribution in [0.2, 0.25) is 0 Å². The largest absolute Gasteiger partial charge is 0.475 e. The minimum Gasteiger partial charge on any atom is -0.475 e. The Labute approximate surface area is 84.0 Å². The number of rotatable bonds is 6. The third kappa shape index (κ3) is 3.30. The molecule has 0 spiro atoms. The van der Waals surface area contributed by atoms with Crippen molar-refractivity contribution in [1.82, 2.24) is 9.97 Å². The molecule has 78 valence electrons. The van der Waals surface area contributed by atoms with Crippen molar-refractivity contribution in [1.29, 1.82) is 0 Å². The van der Waals surface area contributed by atoms with Gasteiger partial charge in [-0.05, 0) is 12.8 Å². The van der Waals surface area contributed by atoms with Crippen molar-refractivity contribution < 1.29 is 9.84 Å². The number of aromatic nitrogens is 2. The summed E-state index contributed by atoms with van der Waals surface area (Å²) >= 11 is 0. The highest BCUT2D eigenvalue weighted by Crippen LogP contribution is 2.15. The molecule has 1 aromatic heterocycles. The lowest BCUT2D eigenvalue weighted by Gasteiger charge is -2.07. The summed E-state index contributed by atoms with van der Waals surface area (Å²) in [7, 11) is 0. The van der Waals surface area contributed by atoms with Gasteiger partial charge in [0.25, 0.3) is 0 Å². The Morgan fingerprint density at radius 1 is 1.50 bits per heavy atom. The topological polar surface area (TPSA) is 55.2 Å². The van der Waals surface area contributed by atoms with Crippen molar-refractivity contribution in [3.8, 4) is 5.88 Å². The molecule has 14 heavy (non-hydrogen) atoms. The third-order valence-electron chi connectivity index (χ3n) is 1.88. The second-order valence-electron chi connectivity index (χ2n) is 3.03. The molecule has 0 saturated heterocycles. The Kier molecular flexibility index (Phi) is 4.93. The second-order valence-corrected chi connectivity index (χ2v) is 3.03. The van der Waals surface area contributed by atoms with Crippen LogP contribution < -0.4 is 4.74 Å². The summed E-state index contributed by atoms with van der Waals surface area (Å²) in [5.74, 6) is 0.600. The van der Waals surface area contributed by atoms with E-state index in [1.165, 1.54) is 6.33 Å². The molecule has 0 unspecified atom stereocenters. The monoisotopic (exact) mass is 196 g/mol. The maximum Gasteiger partial charge on any atom is 0.219 e. The summed E-state index contributed by atoms with van der Waals surface area (Å²) in [4.78, 5) is 7.98. The maximum absolute atomic E-state index is 8.63. The maximum atomic E-state index is 8.63. The van der Waals surface area contributed by atoms with E-state index in [1.54, 1.807) is 6.20 Å². The summed E-state index contributed by atoms with van der Waals surface area (Å²) in [6.45, 7) is 2.44. The van der Waals surface area contributed by atoms with Crippen LogP contribution >= 0.6 is 0 Å². The normalized spacial score (nSPS) is 10.1. The molecular weight excluding hydrogens is 180 g/mol. The molecule has 0 atom stereocenters. The van der Waals surface area contributed by atoms with Gasteiger partial charge in [0, 0.05) is 11.8 Å². The fourth-order valence-electron chi connectivity index (χ4n) is 1.16. The first-order chi connectivity index (χ1) is 6.88. The molecule has 0 saturated carbocycles. The van der Waals surface area contributed by atoms with Gasteiger partial charge in [0.2, 0.25) is 5.88 Å². The zero-order valence-corrected chi connectivity index (χ0v) is 8.44. The van der Waals surface area contributed by atoms with Gasteiger partial charge in [-0.2, -0.15) is 0 Å². The minimum atomic E-state index is 0.0111. The van der Waals surface area contributed by atoms with Gasteiger partial charge in [0.1, 0.15) is 12.9 Å². The van der Waals surface area contributed by atoms with Crippen LogP contribution in [-0.2, 0) is 6.42 Å². The molecule has 1 heterocycles. The Hall–Kier alpha value is -1.16. The SMILES string of the molecule is CCCCc1cncnc1OCCO. The number of aryl methyl sites for hydroxylation is 1. The van der Waals surface area contributed by atoms with E-state index in [4.69, 9.17) is 9.84 Å². The molecule has 0 radical (unpaired) electrons. The predicted octanol–water partition coefficient (Wildman–Crippen LogP) is 1.19. The summed E-state index contributed by atoms with van der Waals surface area (Å²) in [6, 6.07) is 0. The lowest BCUT2D eigenvalue weighted by Crippen LogP contribution is -2.05. The van der Waals surface area contributed by atoms with Crippen molar-refractivity contribution in [3.05, 3.63) is 18.1 Å². The predicted molar refractivity (Wildman–Crippen MR) is 53.2 cm³/mol. The smallest absolute Gasteiger partial charge is 0.219 e. The average Bonchev–Trinajstić information content (AvgIpc) is 2.24. The zero-order valence-electron chi connectivity index (χ0n) is 8.44. The average molecular weight is 196 g/mol. The molecule has 0 amide bonds. The number of hydrogen-bond acceptors (Lipinski definition) is 4. The molecule has 0 aliphatic rings. The van der Waals surface area contributed by atoms with Crippen LogP contribution in [0, 0.1) is 0 Å². The van der Waals surface area contributed by atoms with Gasteiger partial charge in [-0.3, -0.25) is 0 Å². The zero-order chi connectivity index (χ0) is 10.2. The first kappa shape index (κ1) is 10.9.